The molecular formula is C18H25NOS. The standard InChI is InChI=1S/C18H25NOS/c1-12(2)20-18-9-7-6-8-16(18)11-19-14(4)17-10-13(3)21-15(17)5/h6-10,12,14,19H,11H2,1-5H3. The highest BCUT2D eigenvalue weighted by Crippen LogP contribution is 2.27. The molecule has 0 radical (unpaired) electrons. The number of benzene rings is 1. The molecule has 0 aliphatic heterocycles. The SMILES string of the molecule is Cc1cc(C(C)NCc2ccccc2OC(C)C)c(C)s1. The minimum absolute atomic E-state index is 0.199. The predicted molar refractivity (Wildman–Crippen MR) is 91.3 cm³/mol. The third-order valence-electron chi connectivity index (χ3n) is 3.48. The Morgan fingerprint density at radius 1 is 1.14 bits per heavy atom. The maximum Gasteiger partial charge on any atom is 0.124 e. The second-order valence-electron chi connectivity index (χ2n) is 5.75. The van der Waals surface area contributed by atoms with Crippen molar-refractivity contribution in [3.05, 3.63) is 51.2 Å². The Hall–Kier alpha value is -1.32. The third-order valence-corrected chi connectivity index (χ3v) is 4.46. The van der Waals surface area contributed by atoms with E-state index in [9.17, 15) is 0 Å². The fraction of sp³-hybridized carbons (Fsp3) is 0.444. The van der Waals surface area contributed by atoms with Crippen molar-refractivity contribution in [1.82, 2.24) is 5.32 Å². The Morgan fingerprint density at radius 3 is 2.48 bits per heavy atom. The van der Waals surface area contributed by atoms with E-state index in [4.69, 9.17) is 4.74 Å². The van der Waals surface area contributed by atoms with Gasteiger partial charge in [0.05, 0.1) is 6.10 Å². The van der Waals surface area contributed by atoms with Gasteiger partial charge in [0.15, 0.2) is 0 Å². The van der Waals surface area contributed by atoms with Gasteiger partial charge in [-0.15, -0.1) is 11.3 Å². The molecule has 0 aliphatic rings. The van der Waals surface area contributed by atoms with Gasteiger partial charge < -0.3 is 10.1 Å². The summed E-state index contributed by atoms with van der Waals surface area (Å²) in [5, 5.41) is 3.61. The number of hydrogen-bond acceptors (Lipinski definition) is 3. The lowest BCUT2D eigenvalue weighted by Crippen LogP contribution is -2.19. The van der Waals surface area contributed by atoms with Crippen molar-refractivity contribution in [2.75, 3.05) is 0 Å². The molecule has 0 saturated carbocycles. The topological polar surface area (TPSA) is 21.3 Å². The molecule has 2 aromatic rings. The van der Waals surface area contributed by atoms with Crippen LogP contribution in [-0.2, 0) is 6.54 Å². The minimum Gasteiger partial charge on any atom is -0.491 e. The largest absolute Gasteiger partial charge is 0.491 e. The van der Waals surface area contributed by atoms with Crippen molar-refractivity contribution in [3.63, 3.8) is 0 Å². The van der Waals surface area contributed by atoms with Crippen molar-refractivity contribution in [2.24, 2.45) is 0 Å². The lowest BCUT2D eigenvalue weighted by atomic mass is 10.1. The van der Waals surface area contributed by atoms with Gasteiger partial charge >= 0.3 is 0 Å². The third kappa shape index (κ3) is 4.32. The van der Waals surface area contributed by atoms with Crippen LogP contribution >= 0.6 is 11.3 Å². The first-order valence-electron chi connectivity index (χ1n) is 7.52. The summed E-state index contributed by atoms with van der Waals surface area (Å²) in [7, 11) is 0. The molecule has 3 heteroatoms. The average Bonchev–Trinajstić information content (AvgIpc) is 2.76. The van der Waals surface area contributed by atoms with E-state index in [0.717, 1.165) is 12.3 Å². The van der Waals surface area contributed by atoms with Crippen molar-refractivity contribution in [1.29, 1.82) is 0 Å². The number of hydrogen-bond donors (Lipinski definition) is 1. The molecule has 1 N–H and O–H groups in total. The molecule has 1 atom stereocenters. The Labute approximate surface area is 132 Å². The van der Waals surface area contributed by atoms with E-state index >= 15 is 0 Å². The zero-order valence-corrected chi connectivity index (χ0v) is 14.4. The van der Waals surface area contributed by atoms with Gasteiger partial charge in [-0.05, 0) is 52.3 Å². The van der Waals surface area contributed by atoms with Crippen LogP contribution in [0.15, 0.2) is 30.3 Å². The number of thiophene rings is 1. The highest BCUT2D eigenvalue weighted by molar-refractivity contribution is 7.12. The number of aryl methyl sites for hydroxylation is 2. The van der Waals surface area contributed by atoms with Crippen LogP contribution in [0.3, 0.4) is 0 Å². The summed E-state index contributed by atoms with van der Waals surface area (Å²) in [5.74, 6) is 0.977. The average molecular weight is 303 g/mol. The summed E-state index contributed by atoms with van der Waals surface area (Å²) in [6.07, 6.45) is 0.199. The van der Waals surface area contributed by atoms with Gasteiger partial charge in [-0.25, -0.2) is 0 Å². The maximum atomic E-state index is 5.87. The Balaban J connectivity index is 2.04. The van der Waals surface area contributed by atoms with Crippen LogP contribution in [0.5, 0.6) is 5.75 Å². The van der Waals surface area contributed by atoms with E-state index in [0.29, 0.717) is 6.04 Å². The number of ether oxygens (including phenoxy) is 1. The van der Waals surface area contributed by atoms with Gasteiger partial charge in [0.25, 0.3) is 0 Å². The molecule has 0 amide bonds. The van der Waals surface area contributed by atoms with Crippen molar-refractivity contribution < 1.29 is 4.74 Å². The minimum atomic E-state index is 0.199. The molecule has 0 saturated heterocycles. The second kappa shape index (κ2) is 7.10. The van der Waals surface area contributed by atoms with E-state index in [1.807, 2.05) is 23.5 Å². The molecule has 0 aliphatic carbocycles. The molecular weight excluding hydrogens is 278 g/mol. The van der Waals surface area contributed by atoms with E-state index in [1.54, 1.807) is 0 Å². The molecule has 21 heavy (non-hydrogen) atoms. The summed E-state index contributed by atoms with van der Waals surface area (Å²) in [6, 6.07) is 10.9. The Kier molecular flexibility index (Phi) is 5.43. The molecule has 1 unspecified atom stereocenters. The molecule has 0 fully saturated rings. The zero-order chi connectivity index (χ0) is 15.4. The van der Waals surface area contributed by atoms with E-state index in [-0.39, 0.29) is 6.10 Å². The Morgan fingerprint density at radius 2 is 1.86 bits per heavy atom. The predicted octanol–water partition coefficient (Wildman–Crippen LogP) is 5.00. The van der Waals surface area contributed by atoms with Gasteiger partial charge in [-0.1, -0.05) is 18.2 Å². The highest BCUT2D eigenvalue weighted by Gasteiger charge is 2.12. The molecule has 0 bridgehead atoms. The first-order chi connectivity index (χ1) is 9.97. The van der Waals surface area contributed by atoms with Crippen LogP contribution < -0.4 is 10.1 Å². The van der Waals surface area contributed by atoms with Crippen LogP contribution in [0.25, 0.3) is 0 Å². The first kappa shape index (κ1) is 16.1. The summed E-state index contributed by atoms with van der Waals surface area (Å²) < 4.78 is 5.87. The normalized spacial score (nSPS) is 12.7. The quantitative estimate of drug-likeness (QED) is 0.810. The van der Waals surface area contributed by atoms with Crippen LogP contribution in [0.1, 0.15) is 47.7 Å². The second-order valence-corrected chi connectivity index (χ2v) is 7.21. The van der Waals surface area contributed by atoms with Gasteiger partial charge in [0.2, 0.25) is 0 Å². The fourth-order valence-electron chi connectivity index (χ4n) is 2.47. The lowest BCUT2D eigenvalue weighted by Gasteiger charge is -2.17. The zero-order valence-electron chi connectivity index (χ0n) is 13.6. The molecule has 1 aromatic carbocycles. The number of nitrogens with one attached hydrogen (secondary N) is 1. The summed E-state index contributed by atoms with van der Waals surface area (Å²) in [6.45, 7) is 11.5. The molecule has 2 rings (SSSR count). The van der Waals surface area contributed by atoms with Crippen molar-refractivity contribution in [3.8, 4) is 5.75 Å². The number of para-hydroxylation sites is 1. The van der Waals surface area contributed by atoms with Gasteiger partial charge in [0.1, 0.15) is 5.75 Å². The van der Waals surface area contributed by atoms with Gasteiger partial charge in [-0.3, -0.25) is 0 Å². The molecule has 0 spiro atoms. The van der Waals surface area contributed by atoms with E-state index in [2.05, 4.69) is 58.1 Å². The smallest absolute Gasteiger partial charge is 0.124 e. The van der Waals surface area contributed by atoms with E-state index < -0.39 is 0 Å². The molecule has 1 aromatic heterocycles. The fourth-order valence-corrected chi connectivity index (χ4v) is 3.49. The maximum absolute atomic E-state index is 5.87. The number of rotatable bonds is 6. The van der Waals surface area contributed by atoms with Crippen LogP contribution in [0.2, 0.25) is 0 Å². The highest BCUT2D eigenvalue weighted by atomic mass is 32.1. The Bertz CT molecular complexity index is 589. The van der Waals surface area contributed by atoms with Gasteiger partial charge in [-0.2, -0.15) is 0 Å². The summed E-state index contributed by atoms with van der Waals surface area (Å²) in [5.41, 5.74) is 2.61. The van der Waals surface area contributed by atoms with Crippen LogP contribution in [0.4, 0.5) is 0 Å². The summed E-state index contributed by atoms with van der Waals surface area (Å²) >= 11 is 1.87. The molecule has 1 heterocycles. The van der Waals surface area contributed by atoms with Crippen LogP contribution in [0, 0.1) is 13.8 Å². The lowest BCUT2D eigenvalue weighted by molar-refractivity contribution is 0.239. The van der Waals surface area contributed by atoms with Gasteiger partial charge in [0, 0.05) is 27.9 Å². The summed E-state index contributed by atoms with van der Waals surface area (Å²) in [4.78, 5) is 2.78. The van der Waals surface area contributed by atoms with E-state index in [1.165, 1.54) is 20.9 Å². The first-order valence-corrected chi connectivity index (χ1v) is 8.34. The molecule has 2 nitrogen and oxygen atoms in total. The monoisotopic (exact) mass is 303 g/mol. The van der Waals surface area contributed by atoms with Crippen molar-refractivity contribution in [2.45, 2.75) is 53.3 Å². The van der Waals surface area contributed by atoms with Crippen molar-refractivity contribution >= 4 is 11.3 Å². The molecule has 114 valence electrons. The van der Waals surface area contributed by atoms with Crippen LogP contribution in [-0.4, -0.2) is 6.10 Å².